The van der Waals surface area contributed by atoms with Gasteiger partial charge in [0.25, 0.3) is 0 Å². The molecule has 0 aromatic heterocycles. The lowest BCUT2D eigenvalue weighted by atomic mass is 9.59. The van der Waals surface area contributed by atoms with Gasteiger partial charge in [0.15, 0.2) is 11.6 Å². The second-order valence-electron chi connectivity index (χ2n) is 10.7. The number of nitrogens with zero attached hydrogens (tertiary/aromatic N) is 1. The van der Waals surface area contributed by atoms with Crippen LogP contribution >= 0.6 is 15.9 Å². The minimum absolute atomic E-state index is 0.0780. The van der Waals surface area contributed by atoms with E-state index in [1.54, 1.807) is 6.07 Å². The Morgan fingerprint density at radius 3 is 2.50 bits per heavy atom. The summed E-state index contributed by atoms with van der Waals surface area (Å²) in [6.07, 6.45) is 3.92. The molecule has 0 spiro atoms. The van der Waals surface area contributed by atoms with Crippen LogP contribution in [-0.4, -0.2) is 52.1 Å². The highest BCUT2D eigenvalue weighted by Gasteiger charge is 2.58. The third kappa shape index (κ3) is 3.73. The number of carbonyl (C=O) groups excluding carboxylic acids is 4. The number of benzene rings is 1. The zero-order valence-corrected chi connectivity index (χ0v) is 22.0. The minimum atomic E-state index is -0.655. The summed E-state index contributed by atoms with van der Waals surface area (Å²) in [5, 5.41) is 9.33. The van der Waals surface area contributed by atoms with Gasteiger partial charge in [-0.3, -0.25) is 24.1 Å². The van der Waals surface area contributed by atoms with Gasteiger partial charge in [-0.05, 0) is 61.5 Å². The fourth-order valence-corrected chi connectivity index (χ4v) is 6.68. The maximum absolute atomic E-state index is 13.7. The maximum atomic E-state index is 13.7. The average Bonchev–Trinajstić information content (AvgIpc) is 3.10. The van der Waals surface area contributed by atoms with E-state index in [9.17, 15) is 24.3 Å². The number of Topliss-reactive ketones (excluding diaryl/α,β-unsaturated/α-hetero) is 1. The van der Waals surface area contributed by atoms with Crippen LogP contribution in [0.2, 0.25) is 0 Å². The number of hydrogen-bond donors (Lipinski definition) is 1. The molecule has 1 heterocycles. The molecule has 4 aliphatic rings. The molecule has 2 amide bonds. The van der Waals surface area contributed by atoms with Crippen molar-refractivity contribution in [2.45, 2.75) is 45.1 Å². The van der Waals surface area contributed by atoms with Crippen molar-refractivity contribution < 1.29 is 29.0 Å². The number of ketones is 2. The zero-order valence-electron chi connectivity index (χ0n) is 20.4. The molecule has 7 nitrogen and oxygen atoms in total. The summed E-state index contributed by atoms with van der Waals surface area (Å²) >= 11 is 3.24. The number of para-hydroxylation sites is 1. The van der Waals surface area contributed by atoms with Crippen LogP contribution in [0.5, 0.6) is 5.75 Å². The van der Waals surface area contributed by atoms with Crippen molar-refractivity contribution in [2.24, 2.45) is 17.8 Å². The molecule has 0 radical (unpaired) electrons. The van der Waals surface area contributed by atoms with Gasteiger partial charge < -0.3 is 9.84 Å². The number of ether oxygens (including phenoxy) is 1. The van der Waals surface area contributed by atoms with Gasteiger partial charge in [-0.1, -0.05) is 29.8 Å². The van der Waals surface area contributed by atoms with E-state index >= 15 is 0 Å². The lowest BCUT2D eigenvalue weighted by Crippen LogP contribution is -2.46. The number of rotatable bonds is 4. The zero-order chi connectivity index (χ0) is 25.9. The third-order valence-corrected chi connectivity index (χ3v) is 8.17. The number of aliphatic hydroxyl groups excluding tert-OH is 1. The van der Waals surface area contributed by atoms with Crippen molar-refractivity contribution in [2.75, 3.05) is 13.2 Å². The molecule has 36 heavy (non-hydrogen) atoms. The molecule has 1 aromatic carbocycles. The van der Waals surface area contributed by atoms with Crippen LogP contribution in [0.15, 0.2) is 57.6 Å². The average molecular weight is 554 g/mol. The summed E-state index contributed by atoms with van der Waals surface area (Å²) in [5.41, 5.74) is 1.70. The van der Waals surface area contributed by atoms with E-state index in [-0.39, 0.29) is 47.5 Å². The van der Waals surface area contributed by atoms with Crippen LogP contribution in [0.25, 0.3) is 0 Å². The minimum Gasteiger partial charge on any atom is -0.491 e. The van der Waals surface area contributed by atoms with Gasteiger partial charge in [0.05, 0.1) is 22.9 Å². The molecule has 5 rings (SSSR count). The Morgan fingerprint density at radius 1 is 1.08 bits per heavy atom. The molecule has 0 unspecified atom stereocenters. The first-order valence-electron chi connectivity index (χ1n) is 12.2. The predicted octanol–water partition coefficient (Wildman–Crippen LogP) is 3.62. The largest absolute Gasteiger partial charge is 0.491 e. The summed E-state index contributed by atoms with van der Waals surface area (Å²) in [4.78, 5) is 55.1. The van der Waals surface area contributed by atoms with Gasteiger partial charge in [-0.25, -0.2) is 0 Å². The molecule has 3 aliphatic carbocycles. The standard InChI is InChI=1S/C28H28BrNO6/c1-28(2,3)30-26(34)16-9-8-14-17(23(16)27(30)35)12-18-24(20(32)13-19(29)25(18)33)22(14)15-6-4-5-7-21(15)36-11-10-31/h4-8,13,16-17,22-23,31H,9-12H2,1-3H3/t16-,17+,22+,23-/m0/s1. The Labute approximate surface area is 218 Å². The normalized spacial score (nSPS) is 28.0. The van der Waals surface area contributed by atoms with Crippen LogP contribution in [0.3, 0.4) is 0 Å². The summed E-state index contributed by atoms with van der Waals surface area (Å²) in [7, 11) is 0. The number of halogens is 1. The molecule has 4 atom stereocenters. The number of carbonyl (C=O) groups is 4. The number of amides is 2. The molecule has 8 heteroatoms. The summed E-state index contributed by atoms with van der Waals surface area (Å²) in [6, 6.07) is 7.27. The molecule has 0 saturated carbocycles. The van der Waals surface area contributed by atoms with Crippen molar-refractivity contribution in [1.82, 2.24) is 4.90 Å². The van der Waals surface area contributed by atoms with Gasteiger partial charge in [0.1, 0.15) is 12.4 Å². The first-order valence-corrected chi connectivity index (χ1v) is 12.9. The Morgan fingerprint density at radius 2 is 1.81 bits per heavy atom. The van der Waals surface area contributed by atoms with Crippen molar-refractivity contribution in [3.63, 3.8) is 0 Å². The second-order valence-corrected chi connectivity index (χ2v) is 11.5. The molecular formula is C28H28BrNO6. The lowest BCUT2D eigenvalue weighted by Gasteiger charge is -2.42. The van der Waals surface area contributed by atoms with E-state index in [1.165, 1.54) is 11.0 Å². The Kier molecular flexibility index (Phi) is 6.16. The highest BCUT2D eigenvalue weighted by atomic mass is 79.9. The first kappa shape index (κ1) is 24.8. The van der Waals surface area contributed by atoms with Crippen LogP contribution in [0.4, 0.5) is 0 Å². The van der Waals surface area contributed by atoms with E-state index in [0.717, 1.165) is 5.57 Å². The van der Waals surface area contributed by atoms with Crippen molar-refractivity contribution >= 4 is 39.3 Å². The molecule has 1 aliphatic heterocycles. The van der Waals surface area contributed by atoms with E-state index in [4.69, 9.17) is 4.74 Å². The Balaban J connectivity index is 1.69. The summed E-state index contributed by atoms with van der Waals surface area (Å²) in [6.45, 7) is 5.44. The second kappa shape index (κ2) is 8.92. The number of likely N-dealkylation sites (tertiary alicyclic amines) is 1. The fraction of sp³-hybridized carbons (Fsp3) is 0.429. The van der Waals surface area contributed by atoms with Gasteiger partial charge in [0.2, 0.25) is 11.8 Å². The fourth-order valence-electron chi connectivity index (χ4n) is 6.23. The van der Waals surface area contributed by atoms with Gasteiger partial charge >= 0.3 is 0 Å². The molecule has 1 saturated heterocycles. The SMILES string of the molecule is CC(C)(C)N1C(=O)[C@H]2[C@H](CC=C3[C@H](c4ccccc4OCCO)C4=C(C[C@H]32)C(=O)C(Br)=CC4=O)C1=O. The number of hydrogen-bond acceptors (Lipinski definition) is 6. The van der Waals surface area contributed by atoms with Crippen LogP contribution in [-0.2, 0) is 19.2 Å². The Bertz CT molecular complexity index is 1280. The highest BCUT2D eigenvalue weighted by Crippen LogP contribution is 2.56. The van der Waals surface area contributed by atoms with E-state index in [1.807, 2.05) is 45.0 Å². The van der Waals surface area contributed by atoms with Crippen LogP contribution < -0.4 is 4.74 Å². The molecule has 1 aromatic rings. The van der Waals surface area contributed by atoms with E-state index in [0.29, 0.717) is 28.9 Å². The number of allylic oxidation sites excluding steroid dienone is 6. The number of aliphatic hydroxyl groups is 1. The van der Waals surface area contributed by atoms with Gasteiger partial charge in [0, 0.05) is 34.2 Å². The monoisotopic (exact) mass is 553 g/mol. The van der Waals surface area contributed by atoms with Crippen LogP contribution in [0.1, 0.15) is 45.1 Å². The quantitative estimate of drug-likeness (QED) is 0.347. The molecule has 0 bridgehead atoms. The number of fused-ring (bicyclic) bond motifs is 3. The Hall–Kier alpha value is -2.84. The van der Waals surface area contributed by atoms with Crippen LogP contribution in [0, 0.1) is 17.8 Å². The number of imide groups is 1. The van der Waals surface area contributed by atoms with Crippen molar-refractivity contribution in [1.29, 1.82) is 0 Å². The molecular weight excluding hydrogens is 526 g/mol. The maximum Gasteiger partial charge on any atom is 0.234 e. The molecule has 1 fully saturated rings. The van der Waals surface area contributed by atoms with Crippen molar-refractivity contribution in [3.05, 3.63) is 63.2 Å². The molecule has 1 N–H and O–H groups in total. The summed E-state index contributed by atoms with van der Waals surface area (Å²) < 4.78 is 6.01. The topological polar surface area (TPSA) is 101 Å². The molecule has 188 valence electrons. The first-order chi connectivity index (χ1) is 17.1. The van der Waals surface area contributed by atoms with E-state index < -0.39 is 29.2 Å². The van der Waals surface area contributed by atoms with Crippen molar-refractivity contribution in [3.8, 4) is 5.75 Å². The van der Waals surface area contributed by atoms with Gasteiger partial charge in [-0.2, -0.15) is 0 Å². The van der Waals surface area contributed by atoms with Gasteiger partial charge in [-0.15, -0.1) is 0 Å². The summed E-state index contributed by atoms with van der Waals surface area (Å²) in [5.74, 6) is -2.47. The van der Waals surface area contributed by atoms with E-state index in [2.05, 4.69) is 15.9 Å². The highest BCUT2D eigenvalue weighted by molar-refractivity contribution is 9.12. The lowest BCUT2D eigenvalue weighted by molar-refractivity contribution is -0.145. The predicted molar refractivity (Wildman–Crippen MR) is 135 cm³/mol. The smallest absolute Gasteiger partial charge is 0.234 e. The third-order valence-electron chi connectivity index (χ3n) is 7.58.